The van der Waals surface area contributed by atoms with E-state index in [4.69, 9.17) is 19.0 Å². The minimum absolute atomic E-state index is 0.627. The maximum atomic E-state index is 8.00. The smallest absolute Gasteiger partial charge is 0.203 e. The average Bonchev–Trinajstić information content (AvgIpc) is 2.30. The fourth-order valence-corrected chi connectivity index (χ4v) is 1.02. The first-order valence-corrected chi connectivity index (χ1v) is 3.87. The molecule has 0 spiro atoms. The number of hydrogen-bond acceptors (Lipinski definition) is 4. The Balaban J connectivity index is 0.000000791. The Morgan fingerprint density at radius 3 is 1.64 bits per heavy atom. The van der Waals surface area contributed by atoms with Gasteiger partial charge in [-0.15, -0.1) is 0 Å². The fourth-order valence-electron chi connectivity index (χ4n) is 1.02. The third-order valence-electron chi connectivity index (χ3n) is 1.59. The molecular weight excluding hydrogens is 184 g/mol. The summed E-state index contributed by atoms with van der Waals surface area (Å²) in [6, 6.07) is 5.49. The highest BCUT2D eigenvalue weighted by Crippen LogP contribution is 2.35. The van der Waals surface area contributed by atoms with Crippen LogP contribution in [0.1, 0.15) is 0 Å². The van der Waals surface area contributed by atoms with Gasteiger partial charge in [0.25, 0.3) is 0 Å². The Morgan fingerprint density at radius 1 is 0.929 bits per heavy atom. The van der Waals surface area contributed by atoms with Gasteiger partial charge in [-0.25, -0.2) is 0 Å². The van der Waals surface area contributed by atoms with Crippen molar-refractivity contribution in [1.29, 1.82) is 0 Å². The largest absolute Gasteiger partial charge is 0.493 e. The topological polar surface area (TPSA) is 44.8 Å². The number of benzene rings is 1. The van der Waals surface area contributed by atoms with Gasteiger partial charge in [0.2, 0.25) is 5.75 Å². The zero-order valence-corrected chi connectivity index (χ0v) is 8.57. The minimum Gasteiger partial charge on any atom is -0.493 e. The van der Waals surface area contributed by atoms with Gasteiger partial charge in [0.05, 0.1) is 21.3 Å². The lowest BCUT2D eigenvalue weighted by atomic mass is 10.3. The number of hydrogen-bond donors (Lipinski definition) is 0. The van der Waals surface area contributed by atoms with E-state index in [1.165, 1.54) is 0 Å². The summed E-state index contributed by atoms with van der Waals surface area (Å²) in [5.41, 5.74) is 0. The van der Waals surface area contributed by atoms with Crippen LogP contribution in [0.25, 0.3) is 0 Å². The number of para-hydroxylation sites is 1. The van der Waals surface area contributed by atoms with Crippen molar-refractivity contribution in [3.05, 3.63) is 18.2 Å². The summed E-state index contributed by atoms with van der Waals surface area (Å²) in [5.74, 6) is 1.98. The molecule has 1 rings (SSSR count). The lowest BCUT2D eigenvalue weighted by Gasteiger charge is -2.10. The van der Waals surface area contributed by atoms with E-state index in [1.807, 2.05) is 25.0 Å². The van der Waals surface area contributed by atoms with E-state index in [2.05, 4.69) is 0 Å². The molecule has 0 aliphatic rings. The Morgan fingerprint density at radius 2 is 1.36 bits per heavy atom. The van der Waals surface area contributed by atoms with E-state index < -0.39 is 0 Å². The van der Waals surface area contributed by atoms with Crippen LogP contribution in [0.4, 0.5) is 0 Å². The third kappa shape index (κ3) is 2.65. The summed E-state index contributed by atoms with van der Waals surface area (Å²) < 4.78 is 15.3. The van der Waals surface area contributed by atoms with Crippen LogP contribution in [0.15, 0.2) is 18.2 Å². The molecule has 14 heavy (non-hydrogen) atoms. The molecule has 0 fully saturated rings. The van der Waals surface area contributed by atoms with E-state index in [1.54, 1.807) is 21.3 Å². The molecular formula is C10H14O4. The van der Waals surface area contributed by atoms with Gasteiger partial charge in [0, 0.05) is 0 Å². The van der Waals surface area contributed by atoms with Crippen molar-refractivity contribution in [3.8, 4) is 17.2 Å². The van der Waals surface area contributed by atoms with Gasteiger partial charge in [-0.05, 0) is 12.1 Å². The predicted octanol–water partition coefficient (Wildman–Crippen LogP) is 1.53. The highest BCUT2D eigenvalue weighted by molar-refractivity contribution is 5.50. The van der Waals surface area contributed by atoms with Crippen molar-refractivity contribution < 1.29 is 19.0 Å². The molecule has 0 heterocycles. The summed E-state index contributed by atoms with van der Waals surface area (Å²) in [6.07, 6.45) is 0. The molecule has 0 aromatic heterocycles. The maximum Gasteiger partial charge on any atom is 0.203 e. The molecule has 0 aliphatic carbocycles. The van der Waals surface area contributed by atoms with E-state index in [-0.39, 0.29) is 0 Å². The SMILES string of the molecule is C=O.COc1cccc(OC)c1OC. The van der Waals surface area contributed by atoms with E-state index in [0.717, 1.165) is 0 Å². The zero-order valence-electron chi connectivity index (χ0n) is 8.57. The Kier molecular flexibility index (Phi) is 5.94. The Labute approximate surface area is 83.4 Å². The summed E-state index contributed by atoms with van der Waals surface area (Å²) in [7, 11) is 4.77. The molecule has 0 unspecified atom stereocenters. The second-order valence-corrected chi connectivity index (χ2v) is 2.20. The molecule has 0 N–H and O–H groups in total. The van der Waals surface area contributed by atoms with Crippen molar-refractivity contribution in [2.75, 3.05) is 21.3 Å². The van der Waals surface area contributed by atoms with Crippen LogP contribution < -0.4 is 14.2 Å². The fraction of sp³-hybridized carbons (Fsp3) is 0.300. The first-order chi connectivity index (χ1) is 6.83. The highest BCUT2D eigenvalue weighted by atomic mass is 16.5. The van der Waals surface area contributed by atoms with E-state index in [0.29, 0.717) is 17.2 Å². The predicted molar refractivity (Wildman–Crippen MR) is 53.2 cm³/mol. The van der Waals surface area contributed by atoms with Crippen molar-refractivity contribution in [1.82, 2.24) is 0 Å². The van der Waals surface area contributed by atoms with Gasteiger partial charge in [-0.2, -0.15) is 0 Å². The quantitative estimate of drug-likeness (QED) is 0.738. The van der Waals surface area contributed by atoms with Crippen molar-refractivity contribution in [2.45, 2.75) is 0 Å². The number of ether oxygens (including phenoxy) is 3. The second kappa shape index (κ2) is 6.77. The van der Waals surface area contributed by atoms with Gasteiger partial charge in [-0.3, -0.25) is 0 Å². The molecule has 0 atom stereocenters. The highest BCUT2D eigenvalue weighted by Gasteiger charge is 2.08. The first-order valence-electron chi connectivity index (χ1n) is 3.87. The lowest BCUT2D eigenvalue weighted by Crippen LogP contribution is -1.93. The van der Waals surface area contributed by atoms with Crippen molar-refractivity contribution in [2.24, 2.45) is 0 Å². The van der Waals surface area contributed by atoms with Crippen LogP contribution in [-0.4, -0.2) is 28.1 Å². The molecule has 0 aliphatic heterocycles. The molecule has 4 nitrogen and oxygen atoms in total. The van der Waals surface area contributed by atoms with Crippen molar-refractivity contribution >= 4 is 6.79 Å². The lowest BCUT2D eigenvalue weighted by molar-refractivity contribution is -0.0979. The molecule has 4 heteroatoms. The molecule has 78 valence electrons. The monoisotopic (exact) mass is 198 g/mol. The van der Waals surface area contributed by atoms with Gasteiger partial charge >= 0.3 is 0 Å². The molecule has 0 saturated heterocycles. The van der Waals surface area contributed by atoms with Crippen LogP contribution in [0.5, 0.6) is 17.2 Å². The van der Waals surface area contributed by atoms with E-state index >= 15 is 0 Å². The molecule has 0 bridgehead atoms. The summed E-state index contributed by atoms with van der Waals surface area (Å²) >= 11 is 0. The molecule has 1 aromatic carbocycles. The Hall–Kier alpha value is -1.71. The van der Waals surface area contributed by atoms with Crippen LogP contribution in [-0.2, 0) is 4.79 Å². The molecule has 0 amide bonds. The van der Waals surface area contributed by atoms with Crippen LogP contribution in [0.3, 0.4) is 0 Å². The molecule has 0 saturated carbocycles. The summed E-state index contributed by atoms with van der Waals surface area (Å²) in [6.45, 7) is 2.00. The second-order valence-electron chi connectivity index (χ2n) is 2.20. The van der Waals surface area contributed by atoms with Crippen LogP contribution >= 0.6 is 0 Å². The first kappa shape index (κ1) is 12.3. The van der Waals surface area contributed by atoms with Gasteiger partial charge in [0.1, 0.15) is 6.79 Å². The number of carbonyl (C=O) groups is 1. The normalized spacial score (nSPS) is 8.21. The van der Waals surface area contributed by atoms with Crippen LogP contribution in [0, 0.1) is 0 Å². The zero-order chi connectivity index (χ0) is 11.0. The van der Waals surface area contributed by atoms with E-state index in [9.17, 15) is 0 Å². The maximum absolute atomic E-state index is 8.00. The minimum atomic E-state index is 0.627. The van der Waals surface area contributed by atoms with Gasteiger partial charge < -0.3 is 19.0 Å². The van der Waals surface area contributed by atoms with Gasteiger partial charge in [-0.1, -0.05) is 6.07 Å². The van der Waals surface area contributed by atoms with Crippen molar-refractivity contribution in [3.63, 3.8) is 0 Å². The summed E-state index contributed by atoms with van der Waals surface area (Å²) in [5, 5.41) is 0. The van der Waals surface area contributed by atoms with Crippen LogP contribution in [0.2, 0.25) is 0 Å². The molecule has 0 radical (unpaired) electrons. The number of methoxy groups -OCH3 is 3. The summed E-state index contributed by atoms with van der Waals surface area (Å²) in [4.78, 5) is 8.00. The number of rotatable bonds is 3. The number of carbonyl (C=O) groups excluding carboxylic acids is 1. The average molecular weight is 198 g/mol. The third-order valence-corrected chi connectivity index (χ3v) is 1.59. The molecule has 1 aromatic rings. The standard InChI is InChI=1S/C9H12O3.CH2O/c1-10-7-5-4-6-8(11-2)9(7)12-3;1-2/h4-6H,1-3H3;1H2. The Bertz CT molecular complexity index is 251. The van der Waals surface area contributed by atoms with Gasteiger partial charge in [0.15, 0.2) is 11.5 Å².